The highest BCUT2D eigenvalue weighted by Gasteiger charge is 2.36. The summed E-state index contributed by atoms with van der Waals surface area (Å²) in [5.41, 5.74) is 1.10. The molecule has 0 saturated carbocycles. The highest BCUT2D eigenvalue weighted by atomic mass is 35.5. The van der Waals surface area contributed by atoms with Crippen molar-refractivity contribution in [1.29, 1.82) is 0 Å². The van der Waals surface area contributed by atoms with Crippen molar-refractivity contribution in [3.8, 4) is 0 Å². The molecule has 1 heterocycles. The van der Waals surface area contributed by atoms with Gasteiger partial charge in [0.1, 0.15) is 0 Å². The molecular formula is C16H21ClN2O2. The highest BCUT2D eigenvalue weighted by Crippen LogP contribution is 2.23. The van der Waals surface area contributed by atoms with Crippen molar-refractivity contribution >= 4 is 23.4 Å². The average Bonchev–Trinajstić information content (AvgIpc) is 2.73. The van der Waals surface area contributed by atoms with Crippen molar-refractivity contribution in [2.24, 2.45) is 0 Å². The normalized spacial score (nSPS) is 19.0. The third-order valence-corrected chi connectivity index (χ3v) is 4.21. The second-order valence-electron chi connectivity index (χ2n) is 6.49. The Hall–Kier alpha value is -1.55. The maximum Gasteiger partial charge on any atom is 0.253 e. The Kier molecular flexibility index (Phi) is 4.28. The lowest BCUT2D eigenvalue weighted by atomic mass is 10.1. The molecule has 0 radical (unpaired) electrons. The first-order chi connectivity index (χ1) is 9.70. The van der Waals surface area contributed by atoms with Crippen molar-refractivity contribution in [2.45, 2.75) is 45.7 Å². The smallest absolute Gasteiger partial charge is 0.253 e. The van der Waals surface area contributed by atoms with E-state index in [-0.39, 0.29) is 23.4 Å². The van der Waals surface area contributed by atoms with Crippen LogP contribution in [0.3, 0.4) is 0 Å². The zero-order valence-corrected chi connectivity index (χ0v) is 13.6. The molecule has 1 aromatic carbocycles. The van der Waals surface area contributed by atoms with Crippen LogP contribution in [0.15, 0.2) is 18.2 Å². The van der Waals surface area contributed by atoms with Crippen LogP contribution < -0.4 is 5.32 Å². The van der Waals surface area contributed by atoms with E-state index in [0.717, 1.165) is 5.56 Å². The minimum absolute atomic E-state index is 0.0724. The van der Waals surface area contributed by atoms with E-state index >= 15 is 0 Å². The van der Waals surface area contributed by atoms with E-state index in [4.69, 9.17) is 11.6 Å². The summed E-state index contributed by atoms with van der Waals surface area (Å²) in [7, 11) is 0. The predicted molar refractivity (Wildman–Crippen MR) is 83.5 cm³/mol. The summed E-state index contributed by atoms with van der Waals surface area (Å²) in [5.74, 6) is -0.152. The molecule has 1 aromatic rings. The second kappa shape index (κ2) is 5.68. The Morgan fingerprint density at radius 2 is 2.05 bits per heavy atom. The third-order valence-electron chi connectivity index (χ3n) is 3.71. The van der Waals surface area contributed by atoms with Crippen LogP contribution in [0.4, 0.5) is 0 Å². The molecule has 0 aromatic heterocycles. The maximum absolute atomic E-state index is 12.3. The van der Waals surface area contributed by atoms with Crippen molar-refractivity contribution < 1.29 is 9.59 Å². The van der Waals surface area contributed by atoms with E-state index in [1.807, 2.05) is 33.8 Å². The lowest BCUT2D eigenvalue weighted by Crippen LogP contribution is -2.44. The van der Waals surface area contributed by atoms with Crippen LogP contribution in [0.5, 0.6) is 0 Å². The standard InChI is InChI=1S/C16H21ClN2O2/c1-10-6-5-7-12(14(10)17)15(21)18-11-8-13(20)19(9-11)16(2,3)4/h5-7,11H,8-9H2,1-4H3,(H,18,21). The van der Waals surface area contributed by atoms with Gasteiger partial charge in [-0.05, 0) is 39.3 Å². The number of likely N-dealkylation sites (tertiary alicyclic amines) is 1. The summed E-state index contributed by atoms with van der Waals surface area (Å²) >= 11 is 6.17. The van der Waals surface area contributed by atoms with Gasteiger partial charge in [-0.1, -0.05) is 23.7 Å². The van der Waals surface area contributed by atoms with E-state index in [2.05, 4.69) is 5.32 Å². The number of benzene rings is 1. The number of amides is 2. The minimum atomic E-state index is -0.225. The predicted octanol–water partition coefficient (Wildman–Crippen LogP) is 2.78. The van der Waals surface area contributed by atoms with Crippen LogP contribution in [0.1, 0.15) is 43.1 Å². The first-order valence-electron chi connectivity index (χ1n) is 7.06. The Labute approximate surface area is 130 Å². The van der Waals surface area contributed by atoms with E-state index in [0.29, 0.717) is 23.6 Å². The largest absolute Gasteiger partial charge is 0.347 e. The van der Waals surface area contributed by atoms with Crippen LogP contribution in [0.25, 0.3) is 0 Å². The summed E-state index contributed by atoms with van der Waals surface area (Å²) in [6, 6.07) is 5.20. The van der Waals surface area contributed by atoms with Gasteiger partial charge in [-0.3, -0.25) is 9.59 Å². The molecule has 1 fully saturated rings. The van der Waals surface area contributed by atoms with E-state index in [9.17, 15) is 9.59 Å². The molecule has 1 atom stereocenters. The lowest BCUT2D eigenvalue weighted by molar-refractivity contribution is -0.131. The van der Waals surface area contributed by atoms with Crippen molar-refractivity contribution in [3.05, 3.63) is 34.3 Å². The fraction of sp³-hybridized carbons (Fsp3) is 0.500. The molecule has 5 heteroatoms. The van der Waals surface area contributed by atoms with E-state index in [1.165, 1.54) is 0 Å². The molecule has 1 saturated heterocycles. The van der Waals surface area contributed by atoms with Crippen LogP contribution in [-0.4, -0.2) is 34.8 Å². The summed E-state index contributed by atoms with van der Waals surface area (Å²) < 4.78 is 0. The Balaban J connectivity index is 2.08. The number of carbonyl (C=O) groups excluding carboxylic acids is 2. The van der Waals surface area contributed by atoms with Gasteiger partial charge in [0.2, 0.25) is 5.91 Å². The Morgan fingerprint density at radius 3 is 2.62 bits per heavy atom. The lowest BCUT2D eigenvalue weighted by Gasteiger charge is -2.32. The fourth-order valence-electron chi connectivity index (χ4n) is 2.54. The summed E-state index contributed by atoms with van der Waals surface area (Å²) in [6.07, 6.45) is 0.340. The zero-order chi connectivity index (χ0) is 15.8. The van der Waals surface area contributed by atoms with Gasteiger partial charge in [-0.2, -0.15) is 0 Å². The van der Waals surface area contributed by atoms with Gasteiger partial charge in [0.25, 0.3) is 5.91 Å². The van der Waals surface area contributed by atoms with Crippen LogP contribution in [0.2, 0.25) is 5.02 Å². The molecular weight excluding hydrogens is 288 g/mol. The summed E-state index contributed by atoms with van der Waals surface area (Å²) in [5, 5.41) is 3.37. The Morgan fingerprint density at radius 1 is 1.38 bits per heavy atom. The van der Waals surface area contributed by atoms with E-state index < -0.39 is 0 Å². The van der Waals surface area contributed by atoms with E-state index in [1.54, 1.807) is 17.0 Å². The number of nitrogens with one attached hydrogen (secondary N) is 1. The molecule has 1 N–H and O–H groups in total. The third kappa shape index (κ3) is 3.38. The number of carbonyl (C=O) groups is 2. The fourth-order valence-corrected chi connectivity index (χ4v) is 2.75. The molecule has 2 amide bonds. The zero-order valence-electron chi connectivity index (χ0n) is 12.9. The number of nitrogens with zero attached hydrogens (tertiary/aromatic N) is 1. The number of hydrogen-bond donors (Lipinski definition) is 1. The number of halogens is 1. The SMILES string of the molecule is Cc1cccc(C(=O)NC2CC(=O)N(C(C)(C)C)C2)c1Cl. The summed E-state index contributed by atoms with van der Waals surface area (Å²) in [6.45, 7) is 8.38. The van der Waals surface area contributed by atoms with Gasteiger partial charge in [-0.15, -0.1) is 0 Å². The maximum atomic E-state index is 12.3. The van der Waals surface area contributed by atoms with Gasteiger partial charge in [-0.25, -0.2) is 0 Å². The molecule has 114 valence electrons. The number of hydrogen-bond acceptors (Lipinski definition) is 2. The molecule has 4 nitrogen and oxygen atoms in total. The van der Waals surface area contributed by atoms with Crippen molar-refractivity contribution in [1.82, 2.24) is 10.2 Å². The molecule has 1 aliphatic heterocycles. The Bertz CT molecular complexity index is 578. The first kappa shape index (κ1) is 15.8. The molecule has 0 aliphatic carbocycles. The van der Waals surface area contributed by atoms with Crippen LogP contribution in [0, 0.1) is 6.92 Å². The molecule has 2 rings (SSSR count). The monoisotopic (exact) mass is 308 g/mol. The van der Waals surface area contributed by atoms with Crippen molar-refractivity contribution in [3.63, 3.8) is 0 Å². The van der Waals surface area contributed by atoms with Crippen LogP contribution in [-0.2, 0) is 4.79 Å². The second-order valence-corrected chi connectivity index (χ2v) is 6.86. The average molecular weight is 309 g/mol. The molecule has 21 heavy (non-hydrogen) atoms. The van der Waals surface area contributed by atoms with Gasteiger partial charge in [0, 0.05) is 18.5 Å². The highest BCUT2D eigenvalue weighted by molar-refractivity contribution is 6.34. The van der Waals surface area contributed by atoms with Gasteiger partial charge in [0.15, 0.2) is 0 Å². The molecule has 0 spiro atoms. The quantitative estimate of drug-likeness (QED) is 0.913. The van der Waals surface area contributed by atoms with Crippen LogP contribution >= 0.6 is 11.6 Å². The van der Waals surface area contributed by atoms with Crippen molar-refractivity contribution in [2.75, 3.05) is 6.54 Å². The first-order valence-corrected chi connectivity index (χ1v) is 7.44. The summed E-state index contributed by atoms with van der Waals surface area (Å²) in [4.78, 5) is 26.1. The van der Waals surface area contributed by atoms with Gasteiger partial charge >= 0.3 is 0 Å². The minimum Gasteiger partial charge on any atom is -0.347 e. The van der Waals surface area contributed by atoms with Gasteiger partial charge < -0.3 is 10.2 Å². The molecule has 1 aliphatic rings. The topological polar surface area (TPSA) is 49.4 Å². The molecule has 1 unspecified atom stereocenters. The number of aryl methyl sites for hydroxylation is 1. The van der Waals surface area contributed by atoms with Gasteiger partial charge in [0.05, 0.1) is 16.6 Å². The number of rotatable bonds is 2. The molecule has 0 bridgehead atoms.